The number of carbonyl (C=O) groups excluding carboxylic acids is 1. The van der Waals surface area contributed by atoms with Gasteiger partial charge in [-0.2, -0.15) is 0 Å². The molecule has 2 aliphatic rings. The van der Waals surface area contributed by atoms with Gasteiger partial charge in [0, 0.05) is 0 Å². The molecule has 2 heterocycles. The summed E-state index contributed by atoms with van der Waals surface area (Å²) in [6.07, 6.45) is -2.46. The molecule has 0 aromatic carbocycles. The van der Waals surface area contributed by atoms with Crippen molar-refractivity contribution in [1.82, 2.24) is 0 Å². The predicted molar refractivity (Wildman–Crippen MR) is 48.3 cm³/mol. The van der Waals surface area contributed by atoms with E-state index < -0.39 is 30.4 Å². The Balaban J connectivity index is 2.10. The molecule has 0 aromatic rings. The summed E-state index contributed by atoms with van der Waals surface area (Å²) >= 11 is 0. The molecule has 2 rings (SSSR count). The van der Waals surface area contributed by atoms with Crippen LogP contribution in [0.3, 0.4) is 0 Å². The van der Waals surface area contributed by atoms with Gasteiger partial charge in [-0.05, 0) is 0 Å². The van der Waals surface area contributed by atoms with Crippen molar-refractivity contribution in [1.29, 1.82) is 0 Å². The van der Waals surface area contributed by atoms with Crippen molar-refractivity contribution >= 4 is 5.97 Å². The minimum absolute atomic E-state index is 0.00733. The maximum absolute atomic E-state index is 11.4. The van der Waals surface area contributed by atoms with E-state index in [-0.39, 0.29) is 20.2 Å². The van der Waals surface area contributed by atoms with Crippen molar-refractivity contribution < 1.29 is 33.6 Å². The van der Waals surface area contributed by atoms with Crippen molar-refractivity contribution in [3.8, 4) is 0 Å². The van der Waals surface area contributed by atoms with Crippen LogP contribution in [-0.2, 0) is 28.5 Å². The molecule has 7 heteroatoms. The number of fused-ring (bicyclic) bond motifs is 1. The van der Waals surface area contributed by atoms with Crippen LogP contribution in [0.25, 0.3) is 0 Å². The summed E-state index contributed by atoms with van der Waals surface area (Å²) in [4.78, 5) is 11.4. The topological polar surface area (TPSA) is 83.5 Å². The quantitative estimate of drug-likeness (QED) is 0.590. The SMILES string of the molecule is COC(=O)[C@@H]1OCO[C@H]2[C@@H]1OCO[C@@H]2CO. The van der Waals surface area contributed by atoms with Crippen LogP contribution in [-0.4, -0.2) is 62.8 Å². The molecule has 2 aliphatic heterocycles. The minimum Gasteiger partial charge on any atom is -0.467 e. The third-order valence-electron chi connectivity index (χ3n) is 2.65. The molecular weight excluding hydrogens is 220 g/mol. The molecule has 92 valence electrons. The van der Waals surface area contributed by atoms with Gasteiger partial charge in [0.05, 0.1) is 13.7 Å². The van der Waals surface area contributed by atoms with Crippen LogP contribution < -0.4 is 0 Å². The van der Waals surface area contributed by atoms with Crippen LogP contribution >= 0.6 is 0 Å². The van der Waals surface area contributed by atoms with Gasteiger partial charge in [0.15, 0.2) is 6.10 Å². The summed E-state index contributed by atoms with van der Waals surface area (Å²) in [6, 6.07) is 0. The van der Waals surface area contributed by atoms with Gasteiger partial charge in [-0.3, -0.25) is 0 Å². The first-order chi connectivity index (χ1) is 7.77. The summed E-state index contributed by atoms with van der Waals surface area (Å²) < 4.78 is 25.4. The van der Waals surface area contributed by atoms with Crippen LogP contribution in [0.2, 0.25) is 0 Å². The standard InChI is InChI=1S/C9H14O7/c1-12-9(11)8-7-6(14-4-16-8)5(2-10)13-3-15-7/h5-8,10H,2-4H2,1H3/t5-,6-,7+,8-/m1/s1. The van der Waals surface area contributed by atoms with Crippen molar-refractivity contribution in [2.24, 2.45) is 0 Å². The molecule has 7 nitrogen and oxygen atoms in total. The van der Waals surface area contributed by atoms with Gasteiger partial charge in [-0.15, -0.1) is 0 Å². The molecule has 0 aliphatic carbocycles. The fraction of sp³-hybridized carbons (Fsp3) is 0.889. The Hall–Kier alpha value is -0.730. The molecule has 0 amide bonds. The van der Waals surface area contributed by atoms with Crippen molar-refractivity contribution in [3.05, 3.63) is 0 Å². The molecule has 0 saturated carbocycles. The average Bonchev–Trinajstić information content (AvgIpc) is 2.36. The molecule has 0 unspecified atom stereocenters. The first-order valence-corrected chi connectivity index (χ1v) is 4.93. The number of methoxy groups -OCH3 is 1. The lowest BCUT2D eigenvalue weighted by Crippen LogP contribution is -2.60. The Morgan fingerprint density at radius 2 is 1.94 bits per heavy atom. The molecule has 16 heavy (non-hydrogen) atoms. The van der Waals surface area contributed by atoms with E-state index in [0.717, 1.165) is 0 Å². The molecule has 2 fully saturated rings. The van der Waals surface area contributed by atoms with Gasteiger partial charge in [0.25, 0.3) is 0 Å². The summed E-state index contributed by atoms with van der Waals surface area (Å²) in [5.41, 5.74) is 0. The number of aliphatic hydroxyl groups is 1. The Bertz CT molecular complexity index is 256. The zero-order chi connectivity index (χ0) is 11.5. The van der Waals surface area contributed by atoms with E-state index in [4.69, 9.17) is 24.1 Å². The third kappa shape index (κ3) is 2.04. The number of hydrogen-bond donors (Lipinski definition) is 1. The van der Waals surface area contributed by atoms with Crippen molar-refractivity contribution in [2.75, 3.05) is 27.3 Å². The average molecular weight is 234 g/mol. The molecular formula is C9H14O7. The largest absolute Gasteiger partial charge is 0.467 e. The van der Waals surface area contributed by atoms with E-state index in [0.29, 0.717) is 0 Å². The molecule has 0 spiro atoms. The lowest BCUT2D eigenvalue weighted by molar-refractivity contribution is -0.322. The first-order valence-electron chi connectivity index (χ1n) is 4.93. The van der Waals surface area contributed by atoms with E-state index >= 15 is 0 Å². The monoisotopic (exact) mass is 234 g/mol. The van der Waals surface area contributed by atoms with Gasteiger partial charge in [-0.25, -0.2) is 4.79 Å². The van der Waals surface area contributed by atoms with Gasteiger partial charge in [-0.1, -0.05) is 0 Å². The van der Waals surface area contributed by atoms with Crippen LogP contribution in [0.15, 0.2) is 0 Å². The second-order valence-corrected chi connectivity index (χ2v) is 3.50. The van der Waals surface area contributed by atoms with E-state index in [9.17, 15) is 4.79 Å². The molecule has 0 radical (unpaired) electrons. The molecule has 2 saturated heterocycles. The highest BCUT2D eigenvalue weighted by molar-refractivity contribution is 5.75. The summed E-state index contributed by atoms with van der Waals surface area (Å²) in [6.45, 7) is -0.255. The summed E-state index contributed by atoms with van der Waals surface area (Å²) in [5, 5.41) is 9.09. The number of ether oxygens (including phenoxy) is 5. The van der Waals surface area contributed by atoms with Crippen LogP contribution in [0.4, 0.5) is 0 Å². The highest BCUT2D eigenvalue weighted by atomic mass is 16.8. The lowest BCUT2D eigenvalue weighted by atomic mass is 10.0. The number of aliphatic hydroxyl groups excluding tert-OH is 1. The van der Waals surface area contributed by atoms with Crippen LogP contribution in [0.1, 0.15) is 0 Å². The molecule has 0 aromatic heterocycles. The van der Waals surface area contributed by atoms with Gasteiger partial charge in [0.2, 0.25) is 0 Å². The van der Waals surface area contributed by atoms with Crippen LogP contribution in [0, 0.1) is 0 Å². The summed E-state index contributed by atoms with van der Waals surface area (Å²) in [7, 11) is 1.28. The van der Waals surface area contributed by atoms with E-state index in [1.807, 2.05) is 0 Å². The molecule has 4 atom stereocenters. The Labute approximate surface area is 92.2 Å². The Morgan fingerprint density at radius 3 is 2.62 bits per heavy atom. The second kappa shape index (κ2) is 5.07. The Kier molecular flexibility index (Phi) is 3.72. The van der Waals surface area contributed by atoms with Gasteiger partial charge in [0.1, 0.15) is 31.9 Å². The molecule has 0 bridgehead atoms. The number of hydrogen-bond acceptors (Lipinski definition) is 7. The Morgan fingerprint density at radius 1 is 1.25 bits per heavy atom. The van der Waals surface area contributed by atoms with E-state index in [1.54, 1.807) is 0 Å². The molecule has 1 N–H and O–H groups in total. The second-order valence-electron chi connectivity index (χ2n) is 3.50. The fourth-order valence-electron chi connectivity index (χ4n) is 1.83. The van der Waals surface area contributed by atoms with Crippen molar-refractivity contribution in [2.45, 2.75) is 24.4 Å². The highest BCUT2D eigenvalue weighted by Gasteiger charge is 2.47. The smallest absolute Gasteiger partial charge is 0.337 e. The van der Waals surface area contributed by atoms with Gasteiger partial charge < -0.3 is 28.8 Å². The fourth-order valence-corrected chi connectivity index (χ4v) is 1.83. The van der Waals surface area contributed by atoms with E-state index in [1.165, 1.54) is 7.11 Å². The third-order valence-corrected chi connectivity index (χ3v) is 2.65. The number of carbonyl (C=O) groups is 1. The van der Waals surface area contributed by atoms with Crippen LogP contribution in [0.5, 0.6) is 0 Å². The maximum Gasteiger partial charge on any atom is 0.337 e. The zero-order valence-corrected chi connectivity index (χ0v) is 8.83. The zero-order valence-electron chi connectivity index (χ0n) is 8.83. The normalized spacial score (nSPS) is 38.9. The number of rotatable bonds is 2. The summed E-state index contributed by atoms with van der Waals surface area (Å²) in [5.74, 6) is -0.517. The highest BCUT2D eigenvalue weighted by Crippen LogP contribution is 2.26. The number of esters is 1. The lowest BCUT2D eigenvalue weighted by Gasteiger charge is -2.42. The first kappa shape index (κ1) is 11.7. The minimum atomic E-state index is -0.832. The predicted octanol–water partition coefficient (Wildman–Crippen LogP) is -1.37. The maximum atomic E-state index is 11.4. The van der Waals surface area contributed by atoms with Crippen molar-refractivity contribution in [3.63, 3.8) is 0 Å². The van der Waals surface area contributed by atoms with Gasteiger partial charge >= 0.3 is 5.97 Å². The van der Waals surface area contributed by atoms with E-state index in [2.05, 4.69) is 4.74 Å².